The van der Waals surface area contributed by atoms with E-state index in [0.29, 0.717) is 16.4 Å². The summed E-state index contributed by atoms with van der Waals surface area (Å²) in [5, 5.41) is 22.9. The molecule has 0 spiro atoms. The Balaban J connectivity index is 2.53. The third-order valence-electron chi connectivity index (χ3n) is 4.03. The van der Waals surface area contributed by atoms with Gasteiger partial charge in [-0.25, -0.2) is 0 Å². The number of benzene rings is 2. The van der Waals surface area contributed by atoms with E-state index in [4.69, 9.17) is 4.74 Å². The van der Waals surface area contributed by atoms with Crippen molar-refractivity contribution < 1.29 is 4.74 Å². The van der Waals surface area contributed by atoms with Gasteiger partial charge < -0.3 is 4.74 Å². The zero-order valence-electron chi connectivity index (χ0n) is 13.2. The molecule has 24 heavy (non-hydrogen) atoms. The molecular formula is C20H15N2OP. The lowest BCUT2D eigenvalue weighted by molar-refractivity contribution is 0.307. The molecule has 0 aromatic heterocycles. The second-order valence-electron chi connectivity index (χ2n) is 5.23. The van der Waals surface area contributed by atoms with Gasteiger partial charge in [0.15, 0.2) is 0 Å². The highest BCUT2D eigenvalue weighted by molar-refractivity contribution is 7.93. The topological polar surface area (TPSA) is 56.8 Å². The van der Waals surface area contributed by atoms with E-state index in [9.17, 15) is 10.5 Å². The number of nitrogens with zero attached hydrogens (tertiary/aromatic N) is 2. The van der Waals surface area contributed by atoms with E-state index in [2.05, 4.69) is 12.1 Å². The van der Waals surface area contributed by atoms with Crippen molar-refractivity contribution in [1.82, 2.24) is 0 Å². The molecule has 0 saturated heterocycles. The minimum atomic E-state index is -2.47. The average molecular weight is 330 g/mol. The van der Waals surface area contributed by atoms with Crippen molar-refractivity contribution in [2.45, 2.75) is 0 Å². The first kappa shape index (κ1) is 15.9. The third kappa shape index (κ3) is 2.37. The van der Waals surface area contributed by atoms with Crippen LogP contribution in [0.3, 0.4) is 0 Å². The van der Waals surface area contributed by atoms with Gasteiger partial charge in [0.25, 0.3) is 0 Å². The SMILES string of the molecule is COC1=CC(C#N)=P(c2ccccc2)(c2ccccc2)C(C#N)=C1. The molecule has 1 aliphatic rings. The first-order valence-corrected chi connectivity index (χ1v) is 9.22. The summed E-state index contributed by atoms with van der Waals surface area (Å²) < 4.78 is 5.30. The fourth-order valence-electron chi connectivity index (χ4n) is 2.98. The maximum Gasteiger partial charge on any atom is 0.121 e. The molecule has 4 heteroatoms. The molecule has 0 bridgehead atoms. The molecule has 0 unspecified atom stereocenters. The highest BCUT2D eigenvalue weighted by Crippen LogP contribution is 2.56. The molecule has 0 saturated carbocycles. The van der Waals surface area contributed by atoms with Crippen molar-refractivity contribution in [1.29, 1.82) is 10.5 Å². The van der Waals surface area contributed by atoms with Gasteiger partial charge in [-0.2, -0.15) is 10.5 Å². The Morgan fingerprint density at radius 1 is 0.792 bits per heavy atom. The number of nitriles is 2. The Kier molecular flexibility index (Phi) is 4.39. The highest BCUT2D eigenvalue weighted by atomic mass is 31.2. The predicted octanol–water partition coefficient (Wildman–Crippen LogP) is 3.30. The maximum atomic E-state index is 9.88. The quantitative estimate of drug-likeness (QED) is 0.811. The lowest BCUT2D eigenvalue weighted by atomic mass is 10.3. The Morgan fingerprint density at radius 3 is 1.75 bits per heavy atom. The van der Waals surface area contributed by atoms with E-state index in [0.717, 1.165) is 10.6 Å². The van der Waals surface area contributed by atoms with Crippen LogP contribution >= 0.6 is 6.89 Å². The molecule has 0 N–H and O–H groups in total. The van der Waals surface area contributed by atoms with Crippen LogP contribution in [-0.4, -0.2) is 12.4 Å². The van der Waals surface area contributed by atoms with Gasteiger partial charge in [-0.15, -0.1) is 0 Å². The molecule has 0 amide bonds. The lowest BCUT2D eigenvalue weighted by Gasteiger charge is -2.30. The summed E-state index contributed by atoms with van der Waals surface area (Å²) in [7, 11) is 1.54. The van der Waals surface area contributed by atoms with Gasteiger partial charge in [-0.1, -0.05) is 60.7 Å². The fraction of sp³-hybridized carbons (Fsp3) is 0.0500. The van der Waals surface area contributed by atoms with Gasteiger partial charge in [-0.05, 0) is 22.8 Å². The van der Waals surface area contributed by atoms with Gasteiger partial charge in [0.2, 0.25) is 0 Å². The van der Waals surface area contributed by atoms with Gasteiger partial charge >= 0.3 is 0 Å². The van der Waals surface area contributed by atoms with Crippen molar-refractivity contribution in [3.63, 3.8) is 0 Å². The maximum absolute atomic E-state index is 9.88. The molecule has 0 radical (unpaired) electrons. The number of hydrogen-bond donors (Lipinski definition) is 0. The van der Waals surface area contributed by atoms with Crippen LogP contribution < -0.4 is 10.6 Å². The van der Waals surface area contributed by atoms with Crippen LogP contribution in [0.5, 0.6) is 0 Å². The standard InChI is InChI=1S/C20H15N2OP/c1-23-16-12-19(14-21)24(20(13-16)15-22,17-8-4-2-5-9-17)18-10-6-3-7-11-18/h2-13H,1H3. The molecule has 2 aromatic rings. The van der Waals surface area contributed by atoms with Crippen LogP contribution in [0.1, 0.15) is 0 Å². The summed E-state index contributed by atoms with van der Waals surface area (Å²) in [5.74, 6) is 0.533. The zero-order valence-corrected chi connectivity index (χ0v) is 14.1. The van der Waals surface area contributed by atoms with Gasteiger partial charge in [0, 0.05) is 6.89 Å². The molecule has 1 heterocycles. The number of ether oxygens (including phenoxy) is 1. The van der Waals surface area contributed by atoms with Crippen LogP contribution in [0.15, 0.2) is 83.9 Å². The number of rotatable bonds is 3. The molecule has 0 fully saturated rings. The summed E-state index contributed by atoms with van der Waals surface area (Å²) in [6.45, 7) is -2.47. The van der Waals surface area contributed by atoms with E-state index in [1.54, 1.807) is 19.3 Å². The van der Waals surface area contributed by atoms with Gasteiger partial charge in [0.05, 0.1) is 17.7 Å². The Morgan fingerprint density at radius 2 is 1.33 bits per heavy atom. The largest absolute Gasteiger partial charge is 0.497 e. The Bertz CT molecular complexity index is 915. The van der Waals surface area contributed by atoms with E-state index < -0.39 is 6.89 Å². The summed E-state index contributed by atoms with van der Waals surface area (Å²) in [6, 6.07) is 24.3. The average Bonchev–Trinajstić information content (AvgIpc) is 2.68. The van der Waals surface area contributed by atoms with Crippen LogP contribution in [-0.2, 0) is 4.74 Å². The summed E-state index contributed by atoms with van der Waals surface area (Å²) >= 11 is 0. The second kappa shape index (κ2) is 6.63. The van der Waals surface area contributed by atoms with Gasteiger partial charge in [0.1, 0.15) is 17.9 Å². The van der Waals surface area contributed by atoms with Crippen molar-refractivity contribution >= 4 is 22.8 Å². The van der Waals surface area contributed by atoms with E-state index >= 15 is 0 Å². The lowest BCUT2D eigenvalue weighted by Crippen LogP contribution is -2.24. The van der Waals surface area contributed by atoms with E-state index in [1.807, 2.05) is 60.7 Å². The third-order valence-corrected chi connectivity index (χ3v) is 8.08. The molecule has 3 rings (SSSR count). The van der Waals surface area contributed by atoms with Crippen LogP contribution in [0.4, 0.5) is 0 Å². The first-order chi connectivity index (χ1) is 11.8. The van der Waals surface area contributed by atoms with Crippen molar-refractivity contribution in [2.75, 3.05) is 7.11 Å². The van der Waals surface area contributed by atoms with E-state index in [-0.39, 0.29) is 0 Å². The predicted molar refractivity (Wildman–Crippen MR) is 98.5 cm³/mol. The number of hydrogen-bond acceptors (Lipinski definition) is 3. The second-order valence-corrected chi connectivity index (χ2v) is 8.57. The summed E-state index contributed by atoms with van der Waals surface area (Å²) in [6.07, 6.45) is 3.52. The number of allylic oxidation sites excluding steroid dienone is 3. The van der Waals surface area contributed by atoms with Crippen LogP contribution in [0.2, 0.25) is 0 Å². The molecule has 0 aliphatic carbocycles. The summed E-state index contributed by atoms with van der Waals surface area (Å²) in [4.78, 5) is 0. The molecule has 116 valence electrons. The smallest absolute Gasteiger partial charge is 0.121 e. The minimum absolute atomic E-state index is 0.533. The first-order valence-electron chi connectivity index (χ1n) is 7.43. The Labute approximate surface area is 141 Å². The number of methoxy groups -OCH3 is 1. The van der Waals surface area contributed by atoms with Gasteiger partial charge in [-0.3, -0.25) is 0 Å². The summed E-state index contributed by atoms with van der Waals surface area (Å²) in [5.41, 5.74) is 0. The van der Waals surface area contributed by atoms with Crippen molar-refractivity contribution in [3.8, 4) is 12.1 Å². The zero-order chi connectivity index (χ0) is 17.0. The fourth-order valence-corrected chi connectivity index (χ4v) is 6.83. The van der Waals surface area contributed by atoms with Crippen LogP contribution in [0.25, 0.3) is 0 Å². The van der Waals surface area contributed by atoms with Crippen molar-refractivity contribution in [2.24, 2.45) is 0 Å². The molecular weight excluding hydrogens is 315 g/mol. The highest BCUT2D eigenvalue weighted by Gasteiger charge is 2.34. The molecule has 3 nitrogen and oxygen atoms in total. The molecule has 2 aromatic carbocycles. The monoisotopic (exact) mass is 330 g/mol. The van der Waals surface area contributed by atoms with Crippen molar-refractivity contribution in [3.05, 3.63) is 83.9 Å². The Hall–Kier alpha value is -3.00. The van der Waals surface area contributed by atoms with Crippen LogP contribution in [0, 0.1) is 22.7 Å². The normalized spacial score (nSPS) is 15.5. The van der Waals surface area contributed by atoms with E-state index in [1.165, 1.54) is 0 Å². The molecule has 0 atom stereocenters. The molecule has 1 aliphatic heterocycles. The minimum Gasteiger partial charge on any atom is -0.497 e.